The summed E-state index contributed by atoms with van der Waals surface area (Å²) < 4.78 is 11.2. The molecule has 2 fully saturated rings. The Morgan fingerprint density at radius 1 is 1.10 bits per heavy atom. The summed E-state index contributed by atoms with van der Waals surface area (Å²) in [4.78, 5) is 30.2. The van der Waals surface area contributed by atoms with E-state index in [2.05, 4.69) is 0 Å². The fraction of sp³-hybridized carbons (Fsp3) is 0.739. The third-order valence-electron chi connectivity index (χ3n) is 6.05. The Morgan fingerprint density at radius 2 is 1.86 bits per heavy atom. The predicted molar refractivity (Wildman–Crippen MR) is 111 cm³/mol. The third-order valence-corrected chi connectivity index (χ3v) is 6.05. The summed E-state index contributed by atoms with van der Waals surface area (Å²) in [6.07, 6.45) is 8.96. The summed E-state index contributed by atoms with van der Waals surface area (Å²) in [6, 6.07) is 3.71. The standard InChI is InChI=1S/C23H36N2O4/c1-23(2,3)25(22(27)18-9-5-4-6-10-18)17-21(26)24(15-19-11-7-13-28-19)16-20-12-8-14-29-20/h7,11,13,18,20H,4-6,8-10,12,14-17H2,1-3H3/t20-/m1/s1. The fourth-order valence-electron chi connectivity index (χ4n) is 4.33. The maximum Gasteiger partial charge on any atom is 0.242 e. The van der Waals surface area contributed by atoms with Gasteiger partial charge in [0.25, 0.3) is 0 Å². The van der Waals surface area contributed by atoms with Crippen molar-refractivity contribution < 1.29 is 18.7 Å². The van der Waals surface area contributed by atoms with Gasteiger partial charge in [-0.25, -0.2) is 0 Å². The zero-order chi connectivity index (χ0) is 20.9. The maximum absolute atomic E-state index is 13.3. The molecule has 1 aromatic rings. The molecular formula is C23H36N2O4. The molecule has 2 aliphatic rings. The average Bonchev–Trinajstić information content (AvgIpc) is 3.39. The first-order valence-electron chi connectivity index (χ1n) is 11.1. The summed E-state index contributed by atoms with van der Waals surface area (Å²) in [5.74, 6) is 0.876. The second-order valence-corrected chi connectivity index (χ2v) is 9.42. The minimum atomic E-state index is -0.398. The van der Waals surface area contributed by atoms with Crippen LogP contribution in [0.3, 0.4) is 0 Å². The molecule has 0 radical (unpaired) electrons. The SMILES string of the molecule is CC(C)(C)N(CC(=O)N(Cc1ccco1)C[C@H]1CCCO1)C(=O)C1CCCCC1. The van der Waals surface area contributed by atoms with Gasteiger partial charge in [0.15, 0.2) is 0 Å². The van der Waals surface area contributed by atoms with Crippen LogP contribution in [0.1, 0.15) is 71.5 Å². The Bertz CT molecular complexity index is 653. The van der Waals surface area contributed by atoms with Gasteiger partial charge in [-0.15, -0.1) is 0 Å². The monoisotopic (exact) mass is 404 g/mol. The maximum atomic E-state index is 13.3. The van der Waals surface area contributed by atoms with Crippen LogP contribution in [0.15, 0.2) is 22.8 Å². The van der Waals surface area contributed by atoms with Crippen molar-refractivity contribution in [1.82, 2.24) is 9.80 Å². The quantitative estimate of drug-likeness (QED) is 0.689. The zero-order valence-corrected chi connectivity index (χ0v) is 18.2. The van der Waals surface area contributed by atoms with E-state index in [4.69, 9.17) is 9.15 Å². The normalized spacial score (nSPS) is 20.6. The molecule has 162 valence electrons. The number of carbonyl (C=O) groups is 2. The summed E-state index contributed by atoms with van der Waals surface area (Å²) in [5, 5.41) is 0. The van der Waals surface area contributed by atoms with Crippen molar-refractivity contribution in [3.63, 3.8) is 0 Å². The number of rotatable bonds is 7. The Hall–Kier alpha value is -1.82. The molecule has 29 heavy (non-hydrogen) atoms. The molecule has 3 rings (SSSR count). The lowest BCUT2D eigenvalue weighted by molar-refractivity contribution is -0.149. The van der Waals surface area contributed by atoms with Crippen LogP contribution in [0.25, 0.3) is 0 Å². The van der Waals surface area contributed by atoms with Gasteiger partial charge in [0.2, 0.25) is 11.8 Å². The summed E-state index contributed by atoms with van der Waals surface area (Å²) in [7, 11) is 0. The number of nitrogens with zero attached hydrogens (tertiary/aromatic N) is 2. The molecule has 0 bridgehead atoms. The Balaban J connectivity index is 1.71. The van der Waals surface area contributed by atoms with Gasteiger partial charge in [-0.3, -0.25) is 9.59 Å². The smallest absolute Gasteiger partial charge is 0.242 e. The number of amides is 2. The number of carbonyl (C=O) groups excluding carboxylic acids is 2. The molecule has 1 atom stereocenters. The first-order valence-corrected chi connectivity index (χ1v) is 11.1. The molecule has 2 amide bonds. The van der Waals surface area contributed by atoms with Gasteiger partial charge in [0.05, 0.1) is 18.9 Å². The topological polar surface area (TPSA) is 63.0 Å². The Morgan fingerprint density at radius 3 is 2.45 bits per heavy atom. The van der Waals surface area contributed by atoms with E-state index in [1.165, 1.54) is 6.42 Å². The molecule has 1 saturated heterocycles. The molecule has 0 N–H and O–H groups in total. The minimum Gasteiger partial charge on any atom is -0.467 e. The molecule has 0 aromatic carbocycles. The van der Waals surface area contributed by atoms with E-state index < -0.39 is 5.54 Å². The van der Waals surface area contributed by atoms with E-state index in [-0.39, 0.29) is 30.4 Å². The van der Waals surface area contributed by atoms with Gasteiger partial charge in [-0.2, -0.15) is 0 Å². The number of hydrogen-bond donors (Lipinski definition) is 0. The Labute approximate surface area is 174 Å². The first kappa shape index (κ1) is 21.9. The summed E-state index contributed by atoms with van der Waals surface area (Å²) in [6.45, 7) is 7.83. The van der Waals surface area contributed by atoms with Gasteiger partial charge in [-0.05, 0) is 58.6 Å². The number of hydrogen-bond acceptors (Lipinski definition) is 4. The molecule has 6 heteroatoms. The van der Waals surface area contributed by atoms with Crippen LogP contribution in [0.2, 0.25) is 0 Å². The summed E-state index contributed by atoms with van der Waals surface area (Å²) >= 11 is 0. The largest absolute Gasteiger partial charge is 0.467 e. The lowest BCUT2D eigenvalue weighted by atomic mass is 9.87. The van der Waals surface area contributed by atoms with E-state index in [1.807, 2.05) is 32.9 Å². The highest BCUT2D eigenvalue weighted by atomic mass is 16.5. The predicted octanol–water partition coefficient (Wildman–Crippen LogP) is 3.99. The van der Waals surface area contributed by atoms with Crippen molar-refractivity contribution in [3.8, 4) is 0 Å². The van der Waals surface area contributed by atoms with Crippen molar-refractivity contribution in [2.75, 3.05) is 19.7 Å². The highest BCUT2D eigenvalue weighted by molar-refractivity contribution is 5.86. The van der Waals surface area contributed by atoms with Crippen molar-refractivity contribution in [1.29, 1.82) is 0 Å². The van der Waals surface area contributed by atoms with Crippen molar-refractivity contribution in [2.24, 2.45) is 5.92 Å². The molecule has 1 aromatic heterocycles. The van der Waals surface area contributed by atoms with Crippen molar-refractivity contribution >= 4 is 11.8 Å². The lowest BCUT2D eigenvalue weighted by Crippen LogP contribution is -2.53. The van der Waals surface area contributed by atoms with Crippen LogP contribution < -0.4 is 0 Å². The molecule has 0 spiro atoms. The van der Waals surface area contributed by atoms with E-state index in [9.17, 15) is 9.59 Å². The van der Waals surface area contributed by atoms with E-state index in [1.54, 1.807) is 16.1 Å². The third kappa shape index (κ3) is 6.08. The highest BCUT2D eigenvalue weighted by Crippen LogP contribution is 2.28. The lowest BCUT2D eigenvalue weighted by Gasteiger charge is -2.39. The van der Waals surface area contributed by atoms with Crippen LogP contribution in [-0.2, 0) is 20.9 Å². The van der Waals surface area contributed by atoms with Crippen molar-refractivity contribution in [2.45, 2.75) is 83.9 Å². The van der Waals surface area contributed by atoms with Crippen LogP contribution in [-0.4, -0.2) is 53.0 Å². The van der Waals surface area contributed by atoms with Gasteiger partial charge >= 0.3 is 0 Å². The molecule has 1 aliphatic heterocycles. The fourth-order valence-corrected chi connectivity index (χ4v) is 4.33. The molecular weight excluding hydrogens is 368 g/mol. The molecule has 1 aliphatic carbocycles. The molecule has 0 unspecified atom stereocenters. The van der Waals surface area contributed by atoms with Gasteiger partial charge in [-0.1, -0.05) is 19.3 Å². The highest BCUT2D eigenvalue weighted by Gasteiger charge is 2.35. The minimum absolute atomic E-state index is 0.0454. The second-order valence-electron chi connectivity index (χ2n) is 9.42. The number of ether oxygens (including phenoxy) is 1. The van der Waals surface area contributed by atoms with Gasteiger partial charge < -0.3 is 19.0 Å². The molecule has 6 nitrogen and oxygen atoms in total. The number of furan rings is 1. The van der Waals surface area contributed by atoms with E-state index in [0.717, 1.165) is 50.9 Å². The van der Waals surface area contributed by atoms with E-state index in [0.29, 0.717) is 13.1 Å². The van der Waals surface area contributed by atoms with Crippen LogP contribution in [0.5, 0.6) is 0 Å². The van der Waals surface area contributed by atoms with Crippen LogP contribution in [0, 0.1) is 5.92 Å². The van der Waals surface area contributed by atoms with Crippen LogP contribution in [0.4, 0.5) is 0 Å². The average molecular weight is 405 g/mol. The Kier molecular flexibility index (Phi) is 7.38. The summed E-state index contributed by atoms with van der Waals surface area (Å²) in [5.41, 5.74) is -0.398. The van der Waals surface area contributed by atoms with Gasteiger partial charge in [0.1, 0.15) is 12.3 Å². The van der Waals surface area contributed by atoms with Crippen molar-refractivity contribution in [3.05, 3.63) is 24.2 Å². The molecule has 2 heterocycles. The molecule has 1 saturated carbocycles. The van der Waals surface area contributed by atoms with Gasteiger partial charge in [0, 0.05) is 24.6 Å². The second kappa shape index (κ2) is 9.79. The van der Waals surface area contributed by atoms with E-state index >= 15 is 0 Å². The zero-order valence-electron chi connectivity index (χ0n) is 18.2. The first-order chi connectivity index (χ1) is 13.8. The van der Waals surface area contributed by atoms with Crippen LogP contribution >= 0.6 is 0 Å².